The van der Waals surface area contributed by atoms with E-state index in [0.717, 1.165) is 24.8 Å². The molecule has 3 aromatic rings. The number of nitrogens with zero attached hydrogens (tertiary/aromatic N) is 3. The quantitative estimate of drug-likeness (QED) is 0.589. The Morgan fingerprint density at radius 1 is 1.13 bits per heavy atom. The van der Waals surface area contributed by atoms with E-state index in [1.807, 2.05) is 12.1 Å². The van der Waals surface area contributed by atoms with Crippen molar-refractivity contribution in [3.8, 4) is 11.4 Å². The van der Waals surface area contributed by atoms with Gasteiger partial charge in [0.25, 0.3) is 0 Å². The lowest BCUT2D eigenvalue weighted by Gasteiger charge is -2.31. The first kappa shape index (κ1) is 19.7. The lowest BCUT2D eigenvalue weighted by atomic mass is 9.92. The second kappa shape index (κ2) is 7.14. The van der Waals surface area contributed by atoms with Gasteiger partial charge in [-0.05, 0) is 61.1 Å². The molecule has 1 aliphatic heterocycles. The van der Waals surface area contributed by atoms with Crippen LogP contribution in [0.25, 0.3) is 11.4 Å². The van der Waals surface area contributed by atoms with Crippen molar-refractivity contribution < 1.29 is 17.3 Å². The minimum atomic E-state index is -3.62. The van der Waals surface area contributed by atoms with Crippen molar-refractivity contribution >= 4 is 21.6 Å². The van der Waals surface area contributed by atoms with Crippen LogP contribution in [0.4, 0.5) is 4.39 Å². The van der Waals surface area contributed by atoms with Gasteiger partial charge in [-0.15, -0.1) is 0 Å². The van der Waals surface area contributed by atoms with Gasteiger partial charge in [0.15, 0.2) is 0 Å². The molecule has 6 nitrogen and oxygen atoms in total. The summed E-state index contributed by atoms with van der Waals surface area (Å²) in [6.45, 7) is 0.844. The molecule has 0 unspecified atom stereocenters. The highest BCUT2D eigenvalue weighted by Gasteiger charge is 2.59. The minimum absolute atomic E-state index is 0.00690. The highest BCUT2D eigenvalue weighted by Crippen LogP contribution is 2.64. The molecule has 2 fully saturated rings. The maximum Gasteiger partial charge on any atom is 0.243 e. The predicted octanol–water partition coefficient (Wildman–Crippen LogP) is 4.49. The summed E-state index contributed by atoms with van der Waals surface area (Å²) in [6.07, 6.45) is 2.37. The van der Waals surface area contributed by atoms with E-state index in [1.165, 1.54) is 28.6 Å². The summed E-state index contributed by atoms with van der Waals surface area (Å²) < 4.78 is 45.8. The van der Waals surface area contributed by atoms with Crippen molar-refractivity contribution in [2.75, 3.05) is 13.1 Å². The summed E-state index contributed by atoms with van der Waals surface area (Å²) >= 11 is 6.04. The van der Waals surface area contributed by atoms with E-state index < -0.39 is 15.8 Å². The Balaban J connectivity index is 1.27. The fourth-order valence-corrected chi connectivity index (χ4v) is 5.93. The zero-order chi connectivity index (χ0) is 20.9. The highest BCUT2D eigenvalue weighted by atomic mass is 35.5. The molecular weight excluding hydrogens is 429 g/mol. The van der Waals surface area contributed by atoms with Crippen molar-refractivity contribution in [1.29, 1.82) is 0 Å². The summed E-state index contributed by atoms with van der Waals surface area (Å²) in [5.74, 6) is 0.795. The van der Waals surface area contributed by atoms with Crippen LogP contribution in [0.1, 0.15) is 31.1 Å². The Morgan fingerprint density at radius 2 is 1.87 bits per heavy atom. The molecule has 5 rings (SSSR count). The van der Waals surface area contributed by atoms with Crippen LogP contribution < -0.4 is 0 Å². The Kier molecular flexibility index (Phi) is 4.68. The first-order valence-electron chi connectivity index (χ1n) is 9.73. The van der Waals surface area contributed by atoms with E-state index in [9.17, 15) is 12.8 Å². The van der Waals surface area contributed by atoms with Gasteiger partial charge < -0.3 is 4.52 Å². The van der Waals surface area contributed by atoms with Crippen molar-refractivity contribution in [1.82, 2.24) is 14.4 Å². The van der Waals surface area contributed by atoms with Crippen molar-refractivity contribution in [3.05, 3.63) is 65.3 Å². The smallest absolute Gasteiger partial charge is 0.243 e. The van der Waals surface area contributed by atoms with Gasteiger partial charge in [0.2, 0.25) is 21.7 Å². The van der Waals surface area contributed by atoms with Crippen LogP contribution in [-0.4, -0.2) is 36.0 Å². The molecule has 156 valence electrons. The maximum absolute atomic E-state index is 13.1. The van der Waals surface area contributed by atoms with Gasteiger partial charge in [0.05, 0.1) is 4.90 Å². The van der Waals surface area contributed by atoms with Crippen LogP contribution in [0.2, 0.25) is 5.02 Å². The molecule has 1 atom stereocenters. The molecule has 2 aliphatic rings. The van der Waals surface area contributed by atoms with Crippen molar-refractivity contribution in [3.63, 3.8) is 0 Å². The summed E-state index contributed by atoms with van der Waals surface area (Å²) in [5.41, 5.74) is 0.805. The molecule has 1 aromatic heterocycles. The fourth-order valence-electron chi connectivity index (χ4n) is 4.30. The summed E-state index contributed by atoms with van der Waals surface area (Å²) in [5, 5.41) is 4.69. The first-order chi connectivity index (χ1) is 14.4. The Labute approximate surface area is 178 Å². The van der Waals surface area contributed by atoms with Gasteiger partial charge in [-0.25, -0.2) is 12.8 Å². The third-order valence-electron chi connectivity index (χ3n) is 6.18. The Bertz CT molecular complexity index is 1190. The molecule has 1 saturated heterocycles. The normalized spacial score (nSPS) is 21.1. The van der Waals surface area contributed by atoms with Crippen LogP contribution in [0.15, 0.2) is 57.9 Å². The second-order valence-corrected chi connectivity index (χ2v) is 10.3. The lowest BCUT2D eigenvalue weighted by Crippen LogP contribution is -2.39. The van der Waals surface area contributed by atoms with Gasteiger partial charge in [-0.2, -0.15) is 9.29 Å². The van der Waals surface area contributed by atoms with Gasteiger partial charge in [-0.1, -0.05) is 28.9 Å². The minimum Gasteiger partial charge on any atom is -0.339 e. The van der Waals surface area contributed by atoms with Crippen LogP contribution in [0, 0.1) is 11.2 Å². The zero-order valence-corrected chi connectivity index (χ0v) is 17.5. The summed E-state index contributed by atoms with van der Waals surface area (Å²) in [6, 6.07) is 12.2. The third kappa shape index (κ3) is 3.42. The van der Waals surface area contributed by atoms with Crippen LogP contribution in [0.5, 0.6) is 0 Å². The molecule has 0 amide bonds. The number of halogens is 2. The maximum atomic E-state index is 13.1. The van der Waals surface area contributed by atoms with Crippen LogP contribution >= 0.6 is 11.6 Å². The standard InChI is InChI=1S/C21H19ClFN3O3S/c22-15-3-1-2-14(12-15)19-24-20(29-25-19)18-13-21(18)8-10-26(11-9-21)30(27,28)17-6-4-16(23)5-7-17/h1-7,12,18H,8-11,13H2/t18-/m0/s1. The van der Waals surface area contributed by atoms with Crippen molar-refractivity contribution in [2.24, 2.45) is 5.41 Å². The van der Waals surface area contributed by atoms with E-state index in [-0.39, 0.29) is 16.2 Å². The Hall–Kier alpha value is -2.29. The van der Waals surface area contributed by atoms with Crippen LogP contribution in [-0.2, 0) is 10.0 Å². The molecule has 0 N–H and O–H groups in total. The average Bonchev–Trinajstić information content (AvgIpc) is 3.20. The largest absolute Gasteiger partial charge is 0.339 e. The molecule has 0 bridgehead atoms. The monoisotopic (exact) mass is 447 g/mol. The van der Waals surface area contributed by atoms with Gasteiger partial charge in [0.1, 0.15) is 5.82 Å². The van der Waals surface area contributed by atoms with Crippen LogP contribution in [0.3, 0.4) is 0 Å². The Morgan fingerprint density at radius 3 is 2.57 bits per heavy atom. The number of benzene rings is 2. The van der Waals surface area contributed by atoms with E-state index in [0.29, 0.717) is 29.8 Å². The summed E-state index contributed by atoms with van der Waals surface area (Å²) in [4.78, 5) is 4.67. The number of hydrogen-bond acceptors (Lipinski definition) is 5. The van der Waals surface area contributed by atoms with E-state index >= 15 is 0 Å². The first-order valence-corrected chi connectivity index (χ1v) is 11.5. The molecule has 2 aromatic carbocycles. The van der Waals surface area contributed by atoms with E-state index in [1.54, 1.807) is 12.1 Å². The molecule has 2 heterocycles. The number of piperidine rings is 1. The molecule has 0 radical (unpaired) electrons. The number of hydrogen-bond donors (Lipinski definition) is 0. The zero-order valence-electron chi connectivity index (χ0n) is 16.0. The summed E-state index contributed by atoms with van der Waals surface area (Å²) in [7, 11) is -3.62. The highest BCUT2D eigenvalue weighted by molar-refractivity contribution is 7.89. The molecule has 1 saturated carbocycles. The van der Waals surface area contributed by atoms with E-state index in [2.05, 4.69) is 10.1 Å². The van der Waals surface area contributed by atoms with Crippen molar-refractivity contribution in [2.45, 2.75) is 30.1 Å². The average molecular weight is 448 g/mol. The fraction of sp³-hybridized carbons (Fsp3) is 0.333. The van der Waals surface area contributed by atoms with Gasteiger partial charge in [-0.3, -0.25) is 0 Å². The lowest BCUT2D eigenvalue weighted by molar-refractivity contribution is 0.242. The third-order valence-corrected chi connectivity index (χ3v) is 8.33. The number of sulfonamides is 1. The van der Waals surface area contributed by atoms with Gasteiger partial charge in [0, 0.05) is 29.6 Å². The molecule has 1 aliphatic carbocycles. The topological polar surface area (TPSA) is 76.3 Å². The molecule has 9 heteroatoms. The second-order valence-electron chi connectivity index (χ2n) is 7.94. The molecular formula is C21H19ClFN3O3S. The SMILES string of the molecule is O=S(=O)(c1ccc(F)cc1)N1CCC2(CC1)C[C@H]2c1nc(-c2cccc(Cl)c2)no1. The number of rotatable bonds is 4. The molecule has 30 heavy (non-hydrogen) atoms. The molecule has 1 spiro atoms. The number of aromatic nitrogens is 2. The predicted molar refractivity (Wildman–Crippen MR) is 109 cm³/mol. The van der Waals surface area contributed by atoms with Gasteiger partial charge >= 0.3 is 0 Å². The van der Waals surface area contributed by atoms with E-state index in [4.69, 9.17) is 16.1 Å².